The minimum absolute atomic E-state index is 0.526. The van der Waals surface area contributed by atoms with Crippen LogP contribution in [0.4, 0.5) is 5.82 Å². The second kappa shape index (κ2) is 5.52. The fourth-order valence-corrected chi connectivity index (χ4v) is 3.42. The van der Waals surface area contributed by atoms with Crippen LogP contribution in [0.1, 0.15) is 36.0 Å². The summed E-state index contributed by atoms with van der Waals surface area (Å²) in [5.74, 6) is 2.57. The Hall–Kier alpha value is -2.48. The standard InChI is InChI=1S/C17H22N8/c1-11-7-13(19-18-11)8-23(2)14-9-24(10-14)16-6-5-15-20-21-17(12-3-4-12)25(15)22-16/h5-7,12,14H,3-4,8-10H2,1-2H3,(H,18,19). The zero-order chi connectivity index (χ0) is 17.0. The highest BCUT2D eigenvalue weighted by Gasteiger charge is 2.33. The molecule has 0 amide bonds. The fourth-order valence-electron chi connectivity index (χ4n) is 3.42. The third kappa shape index (κ3) is 2.66. The number of aromatic nitrogens is 6. The molecule has 0 atom stereocenters. The Balaban J connectivity index is 1.26. The Labute approximate surface area is 145 Å². The van der Waals surface area contributed by atoms with E-state index < -0.39 is 0 Å². The van der Waals surface area contributed by atoms with Crippen molar-refractivity contribution in [2.75, 3.05) is 25.0 Å². The largest absolute Gasteiger partial charge is 0.352 e. The van der Waals surface area contributed by atoms with Crippen molar-refractivity contribution in [3.63, 3.8) is 0 Å². The smallest absolute Gasteiger partial charge is 0.178 e. The summed E-state index contributed by atoms with van der Waals surface area (Å²) in [6, 6.07) is 6.70. The first-order valence-electron chi connectivity index (χ1n) is 8.86. The molecule has 4 heterocycles. The van der Waals surface area contributed by atoms with Gasteiger partial charge in [-0.2, -0.15) is 9.61 Å². The maximum absolute atomic E-state index is 4.78. The predicted octanol–water partition coefficient (Wildman–Crippen LogP) is 1.35. The number of aromatic amines is 1. The van der Waals surface area contributed by atoms with Gasteiger partial charge in [-0.15, -0.1) is 15.3 Å². The normalized spacial score (nSPS) is 18.3. The van der Waals surface area contributed by atoms with Crippen molar-refractivity contribution in [3.05, 3.63) is 35.4 Å². The van der Waals surface area contributed by atoms with E-state index in [0.29, 0.717) is 12.0 Å². The van der Waals surface area contributed by atoms with Crippen molar-refractivity contribution >= 4 is 11.5 Å². The van der Waals surface area contributed by atoms with Gasteiger partial charge < -0.3 is 4.90 Å². The summed E-state index contributed by atoms with van der Waals surface area (Å²) < 4.78 is 1.93. The summed E-state index contributed by atoms with van der Waals surface area (Å²) >= 11 is 0. The van der Waals surface area contributed by atoms with E-state index in [0.717, 1.165) is 48.3 Å². The van der Waals surface area contributed by atoms with E-state index in [2.05, 4.69) is 43.3 Å². The van der Waals surface area contributed by atoms with Crippen LogP contribution in [-0.2, 0) is 6.54 Å². The molecule has 0 aromatic carbocycles. The molecular formula is C17H22N8. The molecule has 0 radical (unpaired) electrons. The highest BCUT2D eigenvalue weighted by molar-refractivity contribution is 5.48. The van der Waals surface area contributed by atoms with Gasteiger partial charge in [-0.3, -0.25) is 10.00 Å². The van der Waals surface area contributed by atoms with Crippen LogP contribution in [0.25, 0.3) is 5.65 Å². The molecule has 1 aliphatic carbocycles. The average molecular weight is 338 g/mol. The van der Waals surface area contributed by atoms with E-state index in [4.69, 9.17) is 5.10 Å². The van der Waals surface area contributed by atoms with E-state index in [9.17, 15) is 0 Å². The number of nitrogens with zero attached hydrogens (tertiary/aromatic N) is 7. The maximum Gasteiger partial charge on any atom is 0.178 e. The van der Waals surface area contributed by atoms with Gasteiger partial charge in [0.2, 0.25) is 0 Å². The number of nitrogens with one attached hydrogen (secondary N) is 1. The summed E-state index contributed by atoms with van der Waals surface area (Å²) in [6.07, 6.45) is 2.41. The van der Waals surface area contributed by atoms with Crippen molar-refractivity contribution in [1.82, 2.24) is 34.9 Å². The van der Waals surface area contributed by atoms with Gasteiger partial charge in [-0.05, 0) is 45.0 Å². The van der Waals surface area contributed by atoms with Crippen LogP contribution in [0.2, 0.25) is 0 Å². The summed E-state index contributed by atoms with van der Waals surface area (Å²) in [7, 11) is 2.16. The topological polar surface area (TPSA) is 78.2 Å². The van der Waals surface area contributed by atoms with Crippen LogP contribution in [0.15, 0.2) is 18.2 Å². The van der Waals surface area contributed by atoms with E-state index in [1.165, 1.54) is 12.8 Å². The number of aryl methyl sites for hydroxylation is 1. The van der Waals surface area contributed by atoms with Crippen molar-refractivity contribution < 1.29 is 0 Å². The summed E-state index contributed by atoms with van der Waals surface area (Å²) in [5.41, 5.74) is 3.04. The molecule has 0 bridgehead atoms. The maximum atomic E-state index is 4.78. The van der Waals surface area contributed by atoms with Gasteiger partial charge >= 0.3 is 0 Å². The molecule has 130 valence electrons. The Morgan fingerprint density at radius 1 is 1.24 bits per heavy atom. The highest BCUT2D eigenvalue weighted by Crippen LogP contribution is 2.38. The van der Waals surface area contributed by atoms with Gasteiger partial charge in [0, 0.05) is 37.3 Å². The second-order valence-electron chi connectivity index (χ2n) is 7.31. The van der Waals surface area contributed by atoms with E-state index in [1.807, 2.05) is 23.6 Å². The summed E-state index contributed by atoms with van der Waals surface area (Å²) in [6.45, 7) is 4.87. The zero-order valence-electron chi connectivity index (χ0n) is 14.6. The van der Waals surface area contributed by atoms with Crippen molar-refractivity contribution in [2.24, 2.45) is 0 Å². The average Bonchev–Trinajstić information content (AvgIpc) is 3.18. The van der Waals surface area contributed by atoms with Gasteiger partial charge in [-0.1, -0.05) is 0 Å². The van der Waals surface area contributed by atoms with Gasteiger partial charge in [0.05, 0.1) is 5.69 Å². The van der Waals surface area contributed by atoms with Gasteiger partial charge in [0.25, 0.3) is 0 Å². The monoisotopic (exact) mass is 338 g/mol. The molecular weight excluding hydrogens is 316 g/mol. The lowest BCUT2D eigenvalue weighted by molar-refractivity contribution is 0.194. The zero-order valence-corrected chi connectivity index (χ0v) is 14.6. The Morgan fingerprint density at radius 3 is 2.80 bits per heavy atom. The molecule has 2 aliphatic rings. The third-order valence-corrected chi connectivity index (χ3v) is 5.20. The Bertz CT molecular complexity index is 902. The summed E-state index contributed by atoms with van der Waals surface area (Å²) in [5, 5.41) is 20.6. The van der Waals surface area contributed by atoms with Crippen molar-refractivity contribution in [3.8, 4) is 0 Å². The molecule has 0 spiro atoms. The van der Waals surface area contributed by atoms with Gasteiger partial charge in [0.15, 0.2) is 11.5 Å². The molecule has 0 unspecified atom stereocenters. The Morgan fingerprint density at radius 2 is 2.08 bits per heavy atom. The fraction of sp³-hybridized carbons (Fsp3) is 0.529. The van der Waals surface area contributed by atoms with Crippen LogP contribution in [0, 0.1) is 6.92 Å². The quantitative estimate of drug-likeness (QED) is 0.757. The first-order valence-corrected chi connectivity index (χ1v) is 8.86. The number of likely N-dealkylation sites (N-methyl/N-ethyl adjacent to an activating group) is 1. The number of fused-ring (bicyclic) bond motifs is 1. The molecule has 1 saturated carbocycles. The lowest BCUT2D eigenvalue weighted by atomic mass is 10.1. The number of anilines is 1. The lowest BCUT2D eigenvalue weighted by Gasteiger charge is -2.44. The van der Waals surface area contributed by atoms with E-state index in [1.54, 1.807) is 0 Å². The minimum Gasteiger partial charge on any atom is -0.352 e. The van der Waals surface area contributed by atoms with Crippen molar-refractivity contribution in [1.29, 1.82) is 0 Å². The number of hydrogen-bond donors (Lipinski definition) is 1. The molecule has 3 aromatic rings. The first kappa shape index (κ1) is 14.8. The molecule has 3 aromatic heterocycles. The van der Waals surface area contributed by atoms with Crippen LogP contribution in [0.5, 0.6) is 0 Å². The van der Waals surface area contributed by atoms with Crippen LogP contribution >= 0.6 is 0 Å². The van der Waals surface area contributed by atoms with E-state index in [-0.39, 0.29) is 0 Å². The molecule has 8 heteroatoms. The van der Waals surface area contributed by atoms with Gasteiger partial charge in [0.1, 0.15) is 5.82 Å². The molecule has 8 nitrogen and oxygen atoms in total. The number of hydrogen-bond acceptors (Lipinski definition) is 6. The van der Waals surface area contributed by atoms with Gasteiger partial charge in [-0.25, -0.2) is 0 Å². The van der Waals surface area contributed by atoms with Crippen LogP contribution in [-0.4, -0.2) is 61.1 Å². The highest BCUT2D eigenvalue weighted by atomic mass is 15.4. The molecule has 25 heavy (non-hydrogen) atoms. The number of H-pyrrole nitrogens is 1. The number of rotatable bonds is 5. The predicted molar refractivity (Wildman–Crippen MR) is 93.5 cm³/mol. The SMILES string of the molecule is Cc1cc(CN(C)C2CN(c3ccc4nnc(C5CC5)n4n3)C2)n[nH]1. The first-order chi connectivity index (χ1) is 12.2. The van der Waals surface area contributed by atoms with Crippen LogP contribution in [0.3, 0.4) is 0 Å². The lowest BCUT2D eigenvalue weighted by Crippen LogP contribution is -2.58. The third-order valence-electron chi connectivity index (χ3n) is 5.20. The Kier molecular flexibility index (Phi) is 3.27. The minimum atomic E-state index is 0.526. The molecule has 2 fully saturated rings. The van der Waals surface area contributed by atoms with Crippen LogP contribution < -0.4 is 4.90 Å². The summed E-state index contributed by atoms with van der Waals surface area (Å²) in [4.78, 5) is 4.67. The second-order valence-corrected chi connectivity index (χ2v) is 7.31. The van der Waals surface area contributed by atoms with Crippen molar-refractivity contribution in [2.45, 2.75) is 38.3 Å². The molecule has 1 aliphatic heterocycles. The molecule has 5 rings (SSSR count). The molecule has 1 saturated heterocycles. The van der Waals surface area contributed by atoms with E-state index >= 15 is 0 Å². The molecule has 1 N–H and O–H groups in total.